The van der Waals surface area contributed by atoms with E-state index in [9.17, 15) is 0 Å². The topological polar surface area (TPSA) is 26.2 Å². The number of thioether (sulfide) groups is 1. The molecule has 88 valence electrons. The molecule has 1 fully saturated rings. The van der Waals surface area contributed by atoms with Crippen LogP contribution < -0.4 is 5.32 Å². The molecule has 0 bridgehead atoms. The Hall–Kier alpha value is -0.450. The fourth-order valence-electron chi connectivity index (χ4n) is 2.40. The van der Waals surface area contributed by atoms with Gasteiger partial charge < -0.3 is 14.6 Å². The first-order valence-corrected chi connectivity index (χ1v) is 7.18. The predicted molar refractivity (Wildman–Crippen MR) is 66.8 cm³/mol. The van der Waals surface area contributed by atoms with Gasteiger partial charge in [-0.3, -0.25) is 0 Å². The van der Waals surface area contributed by atoms with E-state index < -0.39 is 0 Å². The summed E-state index contributed by atoms with van der Waals surface area (Å²) in [4.78, 5) is 0. The fraction of sp³-hybridized carbons (Fsp3) is 0.667. The lowest BCUT2D eigenvalue weighted by atomic mass is 10.1. The molecule has 16 heavy (non-hydrogen) atoms. The quantitative estimate of drug-likeness (QED) is 0.808. The monoisotopic (exact) mass is 238 g/mol. The van der Waals surface area contributed by atoms with Crippen LogP contribution >= 0.6 is 11.8 Å². The van der Waals surface area contributed by atoms with Crippen LogP contribution in [0, 0.1) is 0 Å². The van der Waals surface area contributed by atoms with Gasteiger partial charge in [0.05, 0.1) is 12.7 Å². The van der Waals surface area contributed by atoms with Crippen LogP contribution in [0.5, 0.6) is 0 Å². The Morgan fingerprint density at radius 1 is 1.44 bits per heavy atom. The minimum Gasteiger partial charge on any atom is -0.372 e. The highest BCUT2D eigenvalue weighted by Gasteiger charge is 2.19. The molecule has 4 heteroatoms. The Bertz CT molecular complexity index is 332. The lowest BCUT2D eigenvalue weighted by molar-refractivity contribution is 0.0644. The van der Waals surface area contributed by atoms with E-state index in [1.165, 1.54) is 17.0 Å². The number of ether oxygens (including phenoxy) is 1. The molecule has 1 unspecified atom stereocenters. The van der Waals surface area contributed by atoms with Crippen molar-refractivity contribution >= 4 is 11.8 Å². The maximum absolute atomic E-state index is 5.88. The standard InChI is InChI=1S/C12H18N2OS/c1-2-13-3-5-15-12(1)10-7-11-9-16-6-4-14(11)8-10/h7-8,12-13H,1-6,9H2. The SMILES string of the molecule is c1c(C2CCNCCO2)cn2c1CSCC2. The van der Waals surface area contributed by atoms with Gasteiger partial charge in [-0.05, 0) is 24.6 Å². The second kappa shape index (κ2) is 4.82. The smallest absolute Gasteiger partial charge is 0.0852 e. The lowest BCUT2D eigenvalue weighted by Crippen LogP contribution is -2.16. The Kier molecular flexibility index (Phi) is 3.22. The molecular weight excluding hydrogens is 220 g/mol. The molecule has 1 saturated heterocycles. The van der Waals surface area contributed by atoms with E-state index in [0.29, 0.717) is 6.10 Å². The average Bonchev–Trinajstić information content (AvgIpc) is 2.56. The maximum Gasteiger partial charge on any atom is 0.0852 e. The fourth-order valence-corrected chi connectivity index (χ4v) is 3.33. The van der Waals surface area contributed by atoms with E-state index in [-0.39, 0.29) is 0 Å². The van der Waals surface area contributed by atoms with Crippen molar-refractivity contribution in [3.8, 4) is 0 Å². The van der Waals surface area contributed by atoms with Crippen molar-refractivity contribution in [1.82, 2.24) is 9.88 Å². The van der Waals surface area contributed by atoms with Gasteiger partial charge in [0.2, 0.25) is 0 Å². The summed E-state index contributed by atoms with van der Waals surface area (Å²) in [5.41, 5.74) is 2.84. The zero-order valence-electron chi connectivity index (χ0n) is 9.45. The van der Waals surface area contributed by atoms with Crippen LogP contribution in [0.3, 0.4) is 0 Å². The molecular formula is C12H18N2OS. The maximum atomic E-state index is 5.88. The first-order valence-electron chi connectivity index (χ1n) is 6.02. The number of hydrogen-bond donors (Lipinski definition) is 1. The average molecular weight is 238 g/mol. The molecule has 0 saturated carbocycles. The summed E-state index contributed by atoms with van der Waals surface area (Å²) in [6.45, 7) is 4.05. The van der Waals surface area contributed by atoms with E-state index in [1.54, 1.807) is 0 Å². The van der Waals surface area contributed by atoms with Crippen molar-refractivity contribution in [3.63, 3.8) is 0 Å². The second-order valence-corrected chi connectivity index (χ2v) is 5.51. The van der Waals surface area contributed by atoms with Crippen molar-refractivity contribution < 1.29 is 4.74 Å². The summed E-state index contributed by atoms with van der Waals surface area (Å²) in [6.07, 6.45) is 3.69. The third-order valence-corrected chi connectivity index (χ3v) is 4.26. The molecule has 3 heterocycles. The second-order valence-electron chi connectivity index (χ2n) is 4.41. The highest BCUT2D eigenvalue weighted by atomic mass is 32.2. The van der Waals surface area contributed by atoms with Gasteiger partial charge in [0.15, 0.2) is 0 Å². The number of nitrogens with zero attached hydrogens (tertiary/aromatic N) is 1. The zero-order valence-corrected chi connectivity index (χ0v) is 10.3. The number of fused-ring (bicyclic) bond motifs is 1. The Morgan fingerprint density at radius 3 is 3.38 bits per heavy atom. The van der Waals surface area contributed by atoms with Crippen LogP contribution in [0.1, 0.15) is 23.8 Å². The molecule has 0 aliphatic carbocycles. The Labute approximate surface area is 101 Å². The molecule has 1 N–H and O–H groups in total. The van der Waals surface area contributed by atoms with Crippen LogP contribution in [0.25, 0.3) is 0 Å². The third-order valence-electron chi connectivity index (χ3n) is 3.29. The number of aryl methyl sites for hydroxylation is 1. The van der Waals surface area contributed by atoms with Gasteiger partial charge in [0.25, 0.3) is 0 Å². The van der Waals surface area contributed by atoms with Crippen molar-refractivity contribution in [1.29, 1.82) is 0 Å². The predicted octanol–water partition coefficient (Wildman–Crippen LogP) is 1.79. The molecule has 1 aromatic heterocycles. The molecule has 0 radical (unpaired) electrons. The van der Waals surface area contributed by atoms with Gasteiger partial charge in [-0.15, -0.1) is 0 Å². The Morgan fingerprint density at radius 2 is 2.44 bits per heavy atom. The van der Waals surface area contributed by atoms with Crippen molar-refractivity contribution in [2.24, 2.45) is 0 Å². The van der Waals surface area contributed by atoms with Crippen LogP contribution in [0.15, 0.2) is 12.3 Å². The number of aromatic nitrogens is 1. The molecule has 2 aliphatic rings. The largest absolute Gasteiger partial charge is 0.372 e. The van der Waals surface area contributed by atoms with E-state index >= 15 is 0 Å². The van der Waals surface area contributed by atoms with Gasteiger partial charge in [0.1, 0.15) is 0 Å². The van der Waals surface area contributed by atoms with Gasteiger partial charge >= 0.3 is 0 Å². The van der Waals surface area contributed by atoms with E-state index in [4.69, 9.17) is 4.74 Å². The van der Waals surface area contributed by atoms with Crippen LogP contribution in [-0.2, 0) is 17.0 Å². The minimum absolute atomic E-state index is 0.304. The third kappa shape index (κ3) is 2.14. The van der Waals surface area contributed by atoms with Crippen molar-refractivity contribution in [2.75, 3.05) is 25.4 Å². The molecule has 1 atom stereocenters. The van der Waals surface area contributed by atoms with Gasteiger partial charge in [-0.1, -0.05) is 0 Å². The summed E-state index contributed by atoms with van der Waals surface area (Å²) in [6, 6.07) is 2.34. The summed E-state index contributed by atoms with van der Waals surface area (Å²) in [7, 11) is 0. The van der Waals surface area contributed by atoms with E-state index in [1.807, 2.05) is 11.8 Å². The van der Waals surface area contributed by atoms with E-state index in [0.717, 1.165) is 38.4 Å². The van der Waals surface area contributed by atoms with Crippen LogP contribution in [0.4, 0.5) is 0 Å². The van der Waals surface area contributed by atoms with Crippen LogP contribution in [0.2, 0.25) is 0 Å². The number of rotatable bonds is 1. The molecule has 1 aromatic rings. The Balaban J connectivity index is 1.79. The highest BCUT2D eigenvalue weighted by Crippen LogP contribution is 2.28. The summed E-state index contributed by atoms with van der Waals surface area (Å²) in [5.74, 6) is 2.40. The summed E-state index contributed by atoms with van der Waals surface area (Å²) < 4.78 is 8.28. The summed E-state index contributed by atoms with van der Waals surface area (Å²) in [5, 5.41) is 3.37. The first-order chi connectivity index (χ1) is 7.93. The van der Waals surface area contributed by atoms with Crippen LogP contribution in [-0.4, -0.2) is 30.0 Å². The highest BCUT2D eigenvalue weighted by molar-refractivity contribution is 7.98. The van der Waals surface area contributed by atoms with Crippen molar-refractivity contribution in [2.45, 2.75) is 24.8 Å². The number of hydrogen-bond acceptors (Lipinski definition) is 3. The zero-order chi connectivity index (χ0) is 10.8. The molecule has 2 aliphatic heterocycles. The molecule has 3 nitrogen and oxygen atoms in total. The molecule has 0 spiro atoms. The minimum atomic E-state index is 0.304. The van der Waals surface area contributed by atoms with Gasteiger partial charge in [0, 0.05) is 36.5 Å². The molecule has 3 rings (SSSR count). The van der Waals surface area contributed by atoms with Crippen molar-refractivity contribution in [3.05, 3.63) is 23.5 Å². The molecule has 0 aromatic carbocycles. The molecule has 0 amide bonds. The normalized spacial score (nSPS) is 26.1. The first kappa shape index (κ1) is 10.7. The van der Waals surface area contributed by atoms with E-state index in [2.05, 4.69) is 22.1 Å². The lowest BCUT2D eigenvalue weighted by Gasteiger charge is -2.13. The summed E-state index contributed by atoms with van der Waals surface area (Å²) >= 11 is 2.03. The number of nitrogens with one attached hydrogen (secondary N) is 1. The van der Waals surface area contributed by atoms with Gasteiger partial charge in [-0.25, -0.2) is 0 Å². The van der Waals surface area contributed by atoms with Gasteiger partial charge in [-0.2, -0.15) is 11.8 Å².